The third kappa shape index (κ3) is 1.85. The Morgan fingerprint density at radius 1 is 1.25 bits per heavy atom. The zero-order valence-electron chi connectivity index (χ0n) is 11.2. The third-order valence-corrected chi connectivity index (χ3v) is 4.51. The van der Waals surface area contributed by atoms with Crippen molar-refractivity contribution in [1.82, 2.24) is 10.2 Å². The monoisotopic (exact) mass is 274 g/mol. The molecule has 3 heterocycles. The minimum atomic E-state index is -0.510. The summed E-state index contributed by atoms with van der Waals surface area (Å²) in [4.78, 5) is 14.6. The zero-order valence-corrected chi connectivity index (χ0v) is 11.2. The van der Waals surface area contributed by atoms with Gasteiger partial charge >= 0.3 is 0 Å². The van der Waals surface area contributed by atoms with Crippen LogP contribution in [0.4, 0.5) is 0 Å². The Morgan fingerprint density at radius 3 is 3.00 bits per heavy atom. The molecule has 0 radical (unpaired) electrons. The molecule has 4 rings (SSSR count). The maximum atomic E-state index is 12.6. The van der Waals surface area contributed by atoms with Crippen LogP contribution in [0.15, 0.2) is 24.3 Å². The van der Waals surface area contributed by atoms with Crippen LogP contribution in [0.25, 0.3) is 0 Å². The Labute approximate surface area is 117 Å². The number of benzene rings is 1. The highest BCUT2D eigenvalue weighted by atomic mass is 16.6. The average Bonchev–Trinajstić information content (AvgIpc) is 3.09. The van der Waals surface area contributed by atoms with Gasteiger partial charge in [0.05, 0.1) is 0 Å². The number of hydrogen-bond acceptors (Lipinski definition) is 4. The summed E-state index contributed by atoms with van der Waals surface area (Å²) in [5.74, 6) is 2.06. The fourth-order valence-corrected chi connectivity index (χ4v) is 3.45. The van der Waals surface area contributed by atoms with Gasteiger partial charge in [0.1, 0.15) is 6.61 Å². The first-order valence-corrected chi connectivity index (χ1v) is 7.22. The van der Waals surface area contributed by atoms with Gasteiger partial charge in [-0.3, -0.25) is 4.79 Å². The lowest BCUT2D eigenvalue weighted by Gasteiger charge is -2.31. The Hall–Kier alpha value is -1.75. The Balaban J connectivity index is 1.50. The molecule has 106 valence electrons. The highest BCUT2D eigenvalue weighted by Crippen LogP contribution is 2.33. The second-order valence-corrected chi connectivity index (χ2v) is 5.67. The summed E-state index contributed by atoms with van der Waals surface area (Å²) in [7, 11) is 0. The fourth-order valence-electron chi connectivity index (χ4n) is 3.45. The number of hydrogen-bond donors (Lipinski definition) is 1. The van der Waals surface area contributed by atoms with E-state index in [0.717, 1.165) is 31.8 Å². The molecule has 3 atom stereocenters. The molecule has 2 saturated heterocycles. The van der Waals surface area contributed by atoms with Crippen LogP contribution in [0, 0.1) is 5.92 Å². The highest BCUT2D eigenvalue weighted by Gasteiger charge is 2.43. The van der Waals surface area contributed by atoms with Crippen molar-refractivity contribution in [3.63, 3.8) is 0 Å². The summed E-state index contributed by atoms with van der Waals surface area (Å²) in [6, 6.07) is 7.84. The first kappa shape index (κ1) is 12.0. The molecule has 1 amide bonds. The summed E-state index contributed by atoms with van der Waals surface area (Å²) < 4.78 is 11.5. The van der Waals surface area contributed by atoms with Crippen molar-refractivity contribution in [2.75, 3.05) is 26.2 Å². The van der Waals surface area contributed by atoms with Crippen LogP contribution >= 0.6 is 0 Å². The van der Waals surface area contributed by atoms with Gasteiger partial charge < -0.3 is 19.7 Å². The predicted molar refractivity (Wildman–Crippen MR) is 72.8 cm³/mol. The summed E-state index contributed by atoms with van der Waals surface area (Å²) >= 11 is 0. The van der Waals surface area contributed by atoms with Crippen molar-refractivity contribution in [1.29, 1.82) is 0 Å². The first-order valence-electron chi connectivity index (χ1n) is 7.22. The third-order valence-electron chi connectivity index (χ3n) is 4.51. The van der Waals surface area contributed by atoms with Gasteiger partial charge in [-0.25, -0.2) is 0 Å². The minimum Gasteiger partial charge on any atom is -0.485 e. The van der Waals surface area contributed by atoms with Crippen molar-refractivity contribution in [2.24, 2.45) is 5.92 Å². The Morgan fingerprint density at radius 2 is 2.10 bits per heavy atom. The van der Waals surface area contributed by atoms with Crippen LogP contribution in [0.1, 0.15) is 6.42 Å². The number of carbonyl (C=O) groups is 1. The van der Waals surface area contributed by atoms with E-state index in [0.29, 0.717) is 24.3 Å². The van der Waals surface area contributed by atoms with Gasteiger partial charge in [0, 0.05) is 25.7 Å². The van der Waals surface area contributed by atoms with E-state index in [4.69, 9.17) is 9.47 Å². The topological polar surface area (TPSA) is 50.8 Å². The van der Waals surface area contributed by atoms with Crippen molar-refractivity contribution < 1.29 is 14.3 Å². The highest BCUT2D eigenvalue weighted by molar-refractivity contribution is 5.82. The van der Waals surface area contributed by atoms with Crippen molar-refractivity contribution in [3.8, 4) is 11.5 Å². The lowest BCUT2D eigenvalue weighted by Crippen LogP contribution is -2.49. The van der Waals surface area contributed by atoms with Crippen LogP contribution in [0.5, 0.6) is 11.5 Å². The summed E-state index contributed by atoms with van der Waals surface area (Å²) in [5, 5.41) is 3.36. The maximum absolute atomic E-state index is 12.6. The van der Waals surface area contributed by atoms with Gasteiger partial charge in [0.2, 0.25) is 6.10 Å². The van der Waals surface area contributed by atoms with Gasteiger partial charge in [-0.15, -0.1) is 0 Å². The van der Waals surface area contributed by atoms with Crippen LogP contribution in [0.3, 0.4) is 0 Å². The first-order chi connectivity index (χ1) is 9.83. The molecule has 1 aromatic carbocycles. The van der Waals surface area contributed by atoms with Gasteiger partial charge in [0.25, 0.3) is 5.91 Å². The number of likely N-dealkylation sites (tertiary alicyclic amines) is 1. The lowest BCUT2D eigenvalue weighted by molar-refractivity contribution is -0.142. The molecule has 0 saturated carbocycles. The molecular formula is C15H18N2O3. The molecule has 5 nitrogen and oxygen atoms in total. The van der Waals surface area contributed by atoms with Gasteiger partial charge in [-0.05, 0) is 24.5 Å². The molecule has 1 aromatic rings. The number of para-hydroxylation sites is 2. The molecule has 0 aliphatic carbocycles. The van der Waals surface area contributed by atoms with Crippen molar-refractivity contribution in [3.05, 3.63) is 24.3 Å². The Kier molecular flexibility index (Phi) is 2.80. The minimum absolute atomic E-state index is 0.0655. The predicted octanol–water partition coefficient (Wildman–Crippen LogP) is 0.647. The van der Waals surface area contributed by atoms with E-state index < -0.39 is 6.10 Å². The Bertz CT molecular complexity index is 534. The molecule has 0 bridgehead atoms. The summed E-state index contributed by atoms with van der Waals surface area (Å²) in [5.41, 5.74) is 0. The number of fused-ring (bicyclic) bond motifs is 2. The van der Waals surface area contributed by atoms with Crippen molar-refractivity contribution in [2.45, 2.75) is 18.6 Å². The van der Waals surface area contributed by atoms with E-state index in [1.807, 2.05) is 29.2 Å². The van der Waals surface area contributed by atoms with Crippen LogP contribution in [-0.2, 0) is 4.79 Å². The molecule has 3 aliphatic rings. The molecular weight excluding hydrogens is 256 g/mol. The van der Waals surface area contributed by atoms with Crippen LogP contribution in [0.2, 0.25) is 0 Å². The number of nitrogens with one attached hydrogen (secondary N) is 1. The normalized spacial score (nSPS) is 31.2. The molecule has 5 heteroatoms. The second kappa shape index (κ2) is 4.66. The molecule has 3 aliphatic heterocycles. The van der Waals surface area contributed by atoms with Crippen LogP contribution < -0.4 is 14.8 Å². The van der Waals surface area contributed by atoms with E-state index in [9.17, 15) is 4.79 Å². The SMILES string of the molecule is O=C(C1COc2ccccc2O1)N1CC[C@H]2CNC[C@H]21. The second-order valence-electron chi connectivity index (χ2n) is 5.67. The molecule has 0 spiro atoms. The lowest BCUT2D eigenvalue weighted by atomic mass is 10.1. The fraction of sp³-hybridized carbons (Fsp3) is 0.533. The van der Waals surface area contributed by atoms with E-state index in [2.05, 4.69) is 5.32 Å². The quantitative estimate of drug-likeness (QED) is 0.817. The number of amides is 1. The molecule has 2 fully saturated rings. The standard InChI is InChI=1S/C15H18N2O3/c18-15(17-6-5-10-7-16-8-11(10)17)14-9-19-12-3-1-2-4-13(12)20-14/h1-4,10-11,14,16H,5-9H2/t10-,11+,14?/m0/s1. The van der Waals surface area contributed by atoms with E-state index in [1.54, 1.807) is 0 Å². The zero-order chi connectivity index (χ0) is 13.5. The largest absolute Gasteiger partial charge is 0.485 e. The van der Waals surface area contributed by atoms with Gasteiger partial charge in [-0.1, -0.05) is 12.1 Å². The molecule has 1 unspecified atom stereocenters. The molecule has 20 heavy (non-hydrogen) atoms. The van der Waals surface area contributed by atoms with Crippen LogP contribution in [-0.4, -0.2) is 49.2 Å². The number of rotatable bonds is 1. The number of ether oxygens (including phenoxy) is 2. The van der Waals surface area contributed by atoms with Gasteiger partial charge in [0.15, 0.2) is 11.5 Å². The van der Waals surface area contributed by atoms with Crippen molar-refractivity contribution >= 4 is 5.91 Å². The maximum Gasteiger partial charge on any atom is 0.267 e. The van der Waals surface area contributed by atoms with E-state index in [1.165, 1.54) is 0 Å². The smallest absolute Gasteiger partial charge is 0.267 e. The van der Waals surface area contributed by atoms with E-state index >= 15 is 0 Å². The number of carbonyl (C=O) groups excluding carboxylic acids is 1. The van der Waals surface area contributed by atoms with Gasteiger partial charge in [-0.2, -0.15) is 0 Å². The summed E-state index contributed by atoms with van der Waals surface area (Å²) in [6.45, 7) is 3.08. The van der Waals surface area contributed by atoms with E-state index in [-0.39, 0.29) is 5.91 Å². The molecule has 0 aromatic heterocycles. The summed E-state index contributed by atoms with van der Waals surface area (Å²) in [6.07, 6.45) is 0.581. The number of nitrogens with zero attached hydrogens (tertiary/aromatic N) is 1. The average molecular weight is 274 g/mol. The molecule has 1 N–H and O–H groups in total.